The van der Waals surface area contributed by atoms with E-state index in [9.17, 15) is 4.79 Å². The molecule has 0 aliphatic carbocycles. The average molecular weight is 180 g/mol. The number of thiol groups is 1. The van der Waals surface area contributed by atoms with Crippen LogP contribution in [-0.4, -0.2) is 41.3 Å². The lowest BCUT2D eigenvalue weighted by atomic mass is 10.4. The Morgan fingerprint density at radius 1 is 1.64 bits per heavy atom. The summed E-state index contributed by atoms with van der Waals surface area (Å²) in [5.74, 6) is 0.0149. The van der Waals surface area contributed by atoms with Crippen molar-refractivity contribution in [3.63, 3.8) is 0 Å². The summed E-state index contributed by atoms with van der Waals surface area (Å²) >= 11 is 3.81. The molecule has 0 aromatic heterocycles. The van der Waals surface area contributed by atoms with E-state index in [4.69, 9.17) is 10.2 Å². The van der Waals surface area contributed by atoms with Gasteiger partial charge >= 0.3 is 5.97 Å². The normalized spacial score (nSPS) is 12.6. The molecule has 0 saturated heterocycles. The summed E-state index contributed by atoms with van der Waals surface area (Å²) in [6.45, 7) is -0.544. The summed E-state index contributed by atoms with van der Waals surface area (Å²) in [5.41, 5.74) is 0. The maximum absolute atomic E-state index is 10.6. The number of hydrogen-bond donors (Lipinski definition) is 3. The van der Waals surface area contributed by atoms with Crippen LogP contribution in [0.15, 0.2) is 0 Å². The molecule has 0 aromatic carbocycles. The van der Waals surface area contributed by atoms with Crippen LogP contribution in [0.1, 0.15) is 6.42 Å². The summed E-state index contributed by atoms with van der Waals surface area (Å²) in [4.78, 5) is 10.6. The first-order valence-electron chi connectivity index (χ1n) is 3.26. The minimum absolute atomic E-state index is 0.150. The monoisotopic (exact) mass is 180 g/mol. The minimum Gasteiger partial charge on any atom is -0.463 e. The van der Waals surface area contributed by atoms with Crippen molar-refractivity contribution in [1.29, 1.82) is 0 Å². The van der Waals surface area contributed by atoms with Crippen molar-refractivity contribution in [3.8, 4) is 0 Å². The minimum atomic E-state index is -0.973. The second-order valence-corrected chi connectivity index (χ2v) is 2.44. The Balaban J connectivity index is 3.30. The second-order valence-electron chi connectivity index (χ2n) is 1.99. The molecule has 0 bridgehead atoms. The topological polar surface area (TPSA) is 66.8 Å². The molecule has 0 aromatic rings. The number of ether oxygens (including phenoxy) is 1. The number of carbonyl (C=O) groups is 1. The summed E-state index contributed by atoms with van der Waals surface area (Å²) in [5, 5.41) is 17.0. The number of rotatable bonds is 5. The van der Waals surface area contributed by atoms with Crippen LogP contribution < -0.4 is 0 Å². The summed E-state index contributed by atoms with van der Waals surface area (Å²) < 4.78 is 4.54. The van der Waals surface area contributed by atoms with E-state index in [1.807, 2.05) is 0 Å². The number of carbonyl (C=O) groups excluding carboxylic acids is 1. The van der Waals surface area contributed by atoms with Crippen LogP contribution in [0.25, 0.3) is 0 Å². The first kappa shape index (κ1) is 10.7. The lowest BCUT2D eigenvalue weighted by Gasteiger charge is -2.07. The first-order valence-corrected chi connectivity index (χ1v) is 3.89. The van der Waals surface area contributed by atoms with Crippen LogP contribution in [0.4, 0.5) is 0 Å². The SMILES string of the molecule is O=C(CCS)OC[C@H](O)CO. The van der Waals surface area contributed by atoms with E-state index in [-0.39, 0.29) is 13.0 Å². The highest BCUT2D eigenvalue weighted by atomic mass is 32.1. The first-order chi connectivity index (χ1) is 5.20. The molecule has 0 aliphatic rings. The van der Waals surface area contributed by atoms with Gasteiger partial charge in [-0.15, -0.1) is 0 Å². The van der Waals surface area contributed by atoms with Gasteiger partial charge in [0.15, 0.2) is 0 Å². The predicted molar refractivity (Wildman–Crippen MR) is 42.5 cm³/mol. The van der Waals surface area contributed by atoms with Crippen molar-refractivity contribution in [1.82, 2.24) is 0 Å². The third-order valence-corrected chi connectivity index (χ3v) is 1.19. The summed E-state index contributed by atoms with van der Waals surface area (Å²) in [7, 11) is 0. The fourth-order valence-electron chi connectivity index (χ4n) is 0.405. The predicted octanol–water partition coefficient (Wildman–Crippen LogP) is -0.797. The highest BCUT2D eigenvalue weighted by Crippen LogP contribution is 1.90. The average Bonchev–Trinajstić information content (AvgIpc) is 2.01. The zero-order chi connectivity index (χ0) is 8.69. The molecule has 0 heterocycles. The molecule has 5 heteroatoms. The molecule has 0 saturated carbocycles. The van der Waals surface area contributed by atoms with Gasteiger partial charge in [0, 0.05) is 5.75 Å². The van der Waals surface area contributed by atoms with Crippen LogP contribution >= 0.6 is 12.6 Å². The highest BCUT2D eigenvalue weighted by molar-refractivity contribution is 7.80. The van der Waals surface area contributed by atoms with Gasteiger partial charge in [-0.05, 0) is 0 Å². The number of hydrogen-bond acceptors (Lipinski definition) is 5. The molecular weight excluding hydrogens is 168 g/mol. The van der Waals surface area contributed by atoms with Crippen molar-refractivity contribution in [2.45, 2.75) is 12.5 Å². The van der Waals surface area contributed by atoms with Gasteiger partial charge < -0.3 is 14.9 Å². The lowest BCUT2D eigenvalue weighted by molar-refractivity contribution is -0.146. The van der Waals surface area contributed by atoms with Crippen molar-refractivity contribution in [2.24, 2.45) is 0 Å². The van der Waals surface area contributed by atoms with Gasteiger partial charge in [-0.3, -0.25) is 4.79 Å². The van der Waals surface area contributed by atoms with Gasteiger partial charge in [-0.2, -0.15) is 12.6 Å². The highest BCUT2D eigenvalue weighted by Gasteiger charge is 2.05. The van der Waals surface area contributed by atoms with Gasteiger partial charge in [0.2, 0.25) is 0 Å². The Morgan fingerprint density at radius 2 is 2.27 bits per heavy atom. The van der Waals surface area contributed by atoms with E-state index < -0.39 is 18.7 Å². The zero-order valence-corrected chi connectivity index (χ0v) is 6.96. The fourth-order valence-corrected chi connectivity index (χ4v) is 0.588. The molecule has 0 amide bonds. The van der Waals surface area contributed by atoms with E-state index in [2.05, 4.69) is 17.4 Å². The van der Waals surface area contributed by atoms with Gasteiger partial charge in [0.05, 0.1) is 13.0 Å². The number of aliphatic hydroxyl groups excluding tert-OH is 2. The molecular formula is C6H12O4S. The van der Waals surface area contributed by atoms with E-state index >= 15 is 0 Å². The Labute approximate surface area is 70.6 Å². The third kappa shape index (κ3) is 6.15. The van der Waals surface area contributed by atoms with Crippen LogP contribution in [0.2, 0.25) is 0 Å². The Hall–Kier alpha value is -0.260. The van der Waals surface area contributed by atoms with E-state index in [0.717, 1.165) is 0 Å². The van der Waals surface area contributed by atoms with E-state index in [1.54, 1.807) is 0 Å². The molecule has 0 aliphatic heterocycles. The smallest absolute Gasteiger partial charge is 0.306 e. The van der Waals surface area contributed by atoms with Crippen molar-refractivity contribution >= 4 is 18.6 Å². The molecule has 1 atom stereocenters. The molecule has 0 radical (unpaired) electrons. The summed E-state index contributed by atoms with van der Waals surface area (Å²) in [6.07, 6.45) is -0.750. The molecule has 66 valence electrons. The van der Waals surface area contributed by atoms with E-state index in [1.165, 1.54) is 0 Å². The molecule has 0 rings (SSSR count). The molecule has 0 unspecified atom stereocenters. The standard InChI is InChI=1S/C6H12O4S/c7-3-5(8)4-10-6(9)1-2-11/h5,7-8,11H,1-4H2/t5-/m1/s1. The van der Waals surface area contributed by atoms with Gasteiger partial charge in [-0.1, -0.05) is 0 Å². The van der Waals surface area contributed by atoms with Crippen LogP contribution in [0.3, 0.4) is 0 Å². The summed E-state index contributed by atoms with van der Waals surface area (Å²) in [6, 6.07) is 0. The van der Waals surface area contributed by atoms with Gasteiger partial charge in [0.1, 0.15) is 12.7 Å². The maximum atomic E-state index is 10.6. The van der Waals surface area contributed by atoms with Crippen molar-refractivity contribution < 1.29 is 19.7 Å². The van der Waals surface area contributed by atoms with Crippen molar-refractivity contribution in [3.05, 3.63) is 0 Å². The lowest BCUT2D eigenvalue weighted by Crippen LogP contribution is -2.21. The Morgan fingerprint density at radius 3 is 2.73 bits per heavy atom. The largest absolute Gasteiger partial charge is 0.463 e. The van der Waals surface area contributed by atoms with Crippen molar-refractivity contribution in [2.75, 3.05) is 19.0 Å². The number of aliphatic hydroxyl groups is 2. The molecule has 0 fully saturated rings. The third-order valence-electron chi connectivity index (χ3n) is 0.963. The molecule has 0 spiro atoms. The fraction of sp³-hybridized carbons (Fsp3) is 0.833. The molecule has 2 N–H and O–H groups in total. The van der Waals surface area contributed by atoms with Gasteiger partial charge in [-0.25, -0.2) is 0 Å². The maximum Gasteiger partial charge on any atom is 0.306 e. The van der Waals surface area contributed by atoms with Crippen LogP contribution in [0.5, 0.6) is 0 Å². The van der Waals surface area contributed by atoms with E-state index in [0.29, 0.717) is 5.75 Å². The molecule has 11 heavy (non-hydrogen) atoms. The van der Waals surface area contributed by atoms with Crippen LogP contribution in [-0.2, 0) is 9.53 Å². The number of esters is 1. The second kappa shape index (κ2) is 6.45. The van der Waals surface area contributed by atoms with Crippen LogP contribution in [0, 0.1) is 0 Å². The van der Waals surface area contributed by atoms with Gasteiger partial charge in [0.25, 0.3) is 0 Å². The Bertz CT molecular complexity index is 117. The molecule has 4 nitrogen and oxygen atoms in total. The zero-order valence-electron chi connectivity index (χ0n) is 6.06. The Kier molecular flexibility index (Phi) is 6.30. The quantitative estimate of drug-likeness (QED) is 0.383.